The Hall–Kier alpha value is -0.470. The summed E-state index contributed by atoms with van der Waals surface area (Å²) in [4.78, 5) is 1.52. The van der Waals surface area contributed by atoms with Crippen LogP contribution < -0.4 is 5.32 Å². The molecule has 2 unspecified atom stereocenters. The van der Waals surface area contributed by atoms with E-state index in [0.717, 1.165) is 17.2 Å². The van der Waals surface area contributed by atoms with Crippen LogP contribution in [0.4, 0.5) is 0 Å². The van der Waals surface area contributed by atoms with E-state index < -0.39 is 0 Å². The summed E-state index contributed by atoms with van der Waals surface area (Å²) in [6.07, 6.45) is 8.32. The van der Waals surface area contributed by atoms with Gasteiger partial charge in [-0.2, -0.15) is 0 Å². The molecule has 1 aliphatic heterocycles. The predicted octanol–water partition coefficient (Wildman–Crippen LogP) is 3.87. The number of nitrogens with one attached hydrogen (secondary N) is 1. The number of thioether (sulfide) groups is 1. The molecule has 1 saturated carbocycles. The molecule has 1 aromatic carbocycles. The van der Waals surface area contributed by atoms with E-state index in [0.29, 0.717) is 0 Å². The highest BCUT2D eigenvalue weighted by atomic mass is 32.2. The van der Waals surface area contributed by atoms with E-state index in [1.165, 1.54) is 43.4 Å². The maximum atomic E-state index is 3.50. The predicted molar refractivity (Wildman–Crippen MR) is 79.2 cm³/mol. The summed E-state index contributed by atoms with van der Waals surface area (Å²) in [5.74, 6) is 0.989. The molecule has 0 aromatic heterocycles. The topological polar surface area (TPSA) is 12.0 Å². The summed E-state index contributed by atoms with van der Waals surface area (Å²) < 4.78 is 0. The van der Waals surface area contributed by atoms with E-state index in [9.17, 15) is 0 Å². The first-order valence-corrected chi connectivity index (χ1v) is 8.16. The van der Waals surface area contributed by atoms with Gasteiger partial charge in [0.2, 0.25) is 0 Å². The van der Waals surface area contributed by atoms with Crippen molar-refractivity contribution in [1.29, 1.82) is 0 Å². The Morgan fingerprint density at radius 2 is 2.17 bits per heavy atom. The Morgan fingerprint density at radius 3 is 2.89 bits per heavy atom. The smallest absolute Gasteiger partial charge is 0.0135 e. The normalized spacial score (nSPS) is 23.9. The van der Waals surface area contributed by atoms with Crippen molar-refractivity contribution >= 4 is 11.8 Å². The van der Waals surface area contributed by atoms with E-state index in [4.69, 9.17) is 0 Å². The molecule has 18 heavy (non-hydrogen) atoms. The minimum Gasteiger partial charge on any atom is -0.317 e. The molecule has 2 heteroatoms. The quantitative estimate of drug-likeness (QED) is 0.834. The van der Waals surface area contributed by atoms with Crippen molar-refractivity contribution in [2.45, 2.75) is 54.7 Å². The molecule has 0 spiro atoms. The van der Waals surface area contributed by atoms with E-state index in [-0.39, 0.29) is 0 Å². The first kappa shape index (κ1) is 12.6. The van der Waals surface area contributed by atoms with E-state index in [1.807, 2.05) is 0 Å². The lowest BCUT2D eigenvalue weighted by atomic mass is 10.0. The maximum Gasteiger partial charge on any atom is 0.0135 e. The molecular formula is C16H23NS. The van der Waals surface area contributed by atoms with Crippen molar-refractivity contribution in [2.24, 2.45) is 5.92 Å². The second kappa shape index (κ2) is 5.66. The largest absolute Gasteiger partial charge is 0.317 e. The lowest BCUT2D eigenvalue weighted by Gasteiger charge is -2.16. The van der Waals surface area contributed by atoms with Gasteiger partial charge < -0.3 is 5.32 Å². The minimum absolute atomic E-state index is 0.791. The zero-order valence-electron chi connectivity index (χ0n) is 11.2. The Balaban J connectivity index is 1.43. The average molecular weight is 261 g/mol. The number of hydrogen-bond acceptors (Lipinski definition) is 2. The van der Waals surface area contributed by atoms with Crippen LogP contribution in [0.2, 0.25) is 0 Å². The molecule has 0 saturated heterocycles. The minimum atomic E-state index is 0.791. The molecular weight excluding hydrogens is 238 g/mol. The molecule has 1 aromatic rings. The fraction of sp³-hybridized carbons (Fsp3) is 0.625. The number of benzene rings is 1. The first-order chi connectivity index (χ1) is 8.86. The molecule has 1 aliphatic carbocycles. The van der Waals surface area contributed by atoms with Gasteiger partial charge in [0.1, 0.15) is 0 Å². The van der Waals surface area contributed by atoms with Crippen LogP contribution in [-0.4, -0.2) is 18.3 Å². The fourth-order valence-corrected chi connectivity index (χ4v) is 4.46. The summed E-state index contributed by atoms with van der Waals surface area (Å²) >= 11 is 2.10. The molecule has 0 amide bonds. The first-order valence-electron chi connectivity index (χ1n) is 7.28. The van der Waals surface area contributed by atoms with Gasteiger partial charge in [-0.25, -0.2) is 0 Å². The van der Waals surface area contributed by atoms with Crippen molar-refractivity contribution in [2.75, 3.05) is 7.05 Å². The molecule has 1 nitrogen and oxygen atoms in total. The summed E-state index contributed by atoms with van der Waals surface area (Å²) in [6, 6.07) is 9.70. The number of fused-ring (bicyclic) bond motifs is 1. The third-order valence-corrected chi connectivity index (χ3v) is 5.70. The van der Waals surface area contributed by atoms with Gasteiger partial charge in [-0.15, -0.1) is 11.8 Å². The van der Waals surface area contributed by atoms with Crippen molar-refractivity contribution in [3.63, 3.8) is 0 Å². The van der Waals surface area contributed by atoms with Crippen molar-refractivity contribution in [3.05, 3.63) is 29.8 Å². The SMILES string of the molecule is CNC(CCCC1Cc2ccccc2S1)C1CC1. The van der Waals surface area contributed by atoms with Crippen LogP contribution >= 0.6 is 11.8 Å². The van der Waals surface area contributed by atoms with Gasteiger partial charge in [0.25, 0.3) is 0 Å². The number of rotatable bonds is 6. The van der Waals surface area contributed by atoms with Gasteiger partial charge in [-0.1, -0.05) is 24.6 Å². The highest BCUT2D eigenvalue weighted by Gasteiger charge is 2.30. The molecule has 1 heterocycles. The third-order valence-electron chi connectivity index (χ3n) is 4.32. The van der Waals surface area contributed by atoms with Gasteiger partial charge in [0, 0.05) is 16.2 Å². The van der Waals surface area contributed by atoms with Crippen molar-refractivity contribution in [1.82, 2.24) is 5.32 Å². The second-order valence-corrected chi connectivity index (χ2v) is 7.06. The van der Waals surface area contributed by atoms with Crippen LogP contribution in [-0.2, 0) is 6.42 Å². The van der Waals surface area contributed by atoms with Gasteiger partial charge in [-0.05, 0) is 56.7 Å². The van der Waals surface area contributed by atoms with Crippen molar-refractivity contribution in [3.8, 4) is 0 Å². The average Bonchev–Trinajstić information content (AvgIpc) is 3.14. The molecule has 2 aliphatic rings. The van der Waals surface area contributed by atoms with Gasteiger partial charge in [-0.3, -0.25) is 0 Å². The molecule has 0 bridgehead atoms. The molecule has 98 valence electrons. The van der Waals surface area contributed by atoms with Crippen LogP contribution in [0.1, 0.15) is 37.7 Å². The molecule has 1 N–H and O–H groups in total. The monoisotopic (exact) mass is 261 g/mol. The maximum absolute atomic E-state index is 3.50. The lowest BCUT2D eigenvalue weighted by molar-refractivity contribution is 0.448. The zero-order chi connectivity index (χ0) is 12.4. The summed E-state index contributed by atoms with van der Waals surface area (Å²) in [7, 11) is 2.13. The third kappa shape index (κ3) is 2.92. The van der Waals surface area contributed by atoms with Crippen LogP contribution in [0.15, 0.2) is 29.2 Å². The van der Waals surface area contributed by atoms with Crippen molar-refractivity contribution < 1.29 is 0 Å². The zero-order valence-corrected chi connectivity index (χ0v) is 12.0. The van der Waals surface area contributed by atoms with Gasteiger partial charge >= 0.3 is 0 Å². The summed E-state index contributed by atoms with van der Waals surface area (Å²) in [5, 5.41) is 4.33. The Labute approximate surface area is 115 Å². The van der Waals surface area contributed by atoms with E-state index in [1.54, 1.807) is 5.56 Å². The summed E-state index contributed by atoms with van der Waals surface area (Å²) in [6.45, 7) is 0. The lowest BCUT2D eigenvalue weighted by Crippen LogP contribution is -2.27. The fourth-order valence-electron chi connectivity index (χ4n) is 3.09. The second-order valence-electron chi connectivity index (χ2n) is 5.72. The van der Waals surface area contributed by atoms with Gasteiger partial charge in [0.15, 0.2) is 0 Å². The summed E-state index contributed by atoms with van der Waals surface area (Å²) in [5.41, 5.74) is 1.57. The van der Waals surface area contributed by atoms with E-state index >= 15 is 0 Å². The van der Waals surface area contributed by atoms with Crippen LogP contribution in [0.5, 0.6) is 0 Å². The Kier molecular flexibility index (Phi) is 3.95. The Bertz CT molecular complexity index is 375. The highest BCUT2D eigenvalue weighted by Crippen LogP contribution is 2.40. The van der Waals surface area contributed by atoms with Crippen LogP contribution in [0.25, 0.3) is 0 Å². The standard InChI is InChI=1S/C16H23NS/c1-17-15(12-9-10-12)7-4-6-14-11-13-5-2-3-8-16(13)18-14/h2-3,5,8,12,14-15,17H,4,6-7,9-11H2,1H3. The molecule has 1 fully saturated rings. The number of hydrogen-bond donors (Lipinski definition) is 1. The van der Waals surface area contributed by atoms with Gasteiger partial charge in [0.05, 0.1) is 0 Å². The molecule has 3 rings (SSSR count). The van der Waals surface area contributed by atoms with Crippen LogP contribution in [0, 0.1) is 5.92 Å². The highest BCUT2D eigenvalue weighted by molar-refractivity contribution is 8.00. The van der Waals surface area contributed by atoms with Crippen LogP contribution in [0.3, 0.4) is 0 Å². The molecule has 0 radical (unpaired) electrons. The molecule has 2 atom stereocenters. The Morgan fingerprint density at radius 1 is 1.33 bits per heavy atom. The van der Waals surface area contributed by atoms with E-state index in [2.05, 4.69) is 48.4 Å².